The Morgan fingerprint density at radius 2 is 1.05 bits per heavy atom. The Kier molecular flexibility index (Phi) is 11.5. The Bertz CT molecular complexity index is 2530. The number of hydrogen-bond acceptors (Lipinski definition) is 3. The van der Waals surface area contributed by atoms with Gasteiger partial charge in [-0.2, -0.15) is 0 Å². The molecule has 0 amide bonds. The second kappa shape index (κ2) is 18.9. The summed E-state index contributed by atoms with van der Waals surface area (Å²) in [4.78, 5) is 13.6. The van der Waals surface area contributed by atoms with Crippen LogP contribution in [0, 0.1) is 18.2 Å². The number of hydrogen-bond donors (Lipinski definition) is 0. The van der Waals surface area contributed by atoms with Crippen LogP contribution >= 0.6 is 0 Å². The minimum atomic E-state index is -2.42. The minimum absolute atomic E-state index is 0. The maximum atomic E-state index is 9.61. The van der Waals surface area contributed by atoms with E-state index >= 15 is 0 Å². The van der Waals surface area contributed by atoms with Gasteiger partial charge in [-0.05, 0) is 101 Å². The first kappa shape index (κ1) is 35.9. The zero-order valence-electron chi connectivity index (χ0n) is 39.4. The molecule has 4 heteroatoms. The monoisotopic (exact) mass is 954 g/mol. The van der Waals surface area contributed by atoms with E-state index in [9.17, 15) is 5.48 Å². The van der Waals surface area contributed by atoms with E-state index in [0.717, 1.165) is 82.4 Å². The molecule has 4 aromatic carbocycles. The van der Waals surface area contributed by atoms with Crippen molar-refractivity contribution in [3.8, 4) is 33.8 Å². The van der Waals surface area contributed by atoms with Gasteiger partial charge in [-0.25, -0.2) is 0 Å². The van der Waals surface area contributed by atoms with Crippen LogP contribution in [-0.2, 0) is 56.5 Å². The van der Waals surface area contributed by atoms with Crippen LogP contribution in [0.25, 0.3) is 33.8 Å². The SMILES string of the molecule is [2H]C1(c2ccnc(-c3[c-]cc(C([2H])([2H])C([2H])([2H])c4cc(CC(C)(C)c5c[c-]c(-c6ccccn6)cc5)cc(CC(C)(C)c5c[c-]c(-c6ccccn6)cc5)c4)cc3)c2)CCCCC1.[Ir+3]. The molecule has 1 aliphatic rings. The van der Waals surface area contributed by atoms with Crippen LogP contribution in [0.15, 0.2) is 140 Å². The number of rotatable bonds is 13. The molecule has 0 aliphatic heterocycles. The van der Waals surface area contributed by atoms with Crippen molar-refractivity contribution in [2.75, 3.05) is 0 Å². The summed E-state index contributed by atoms with van der Waals surface area (Å²) in [7, 11) is 0. The van der Waals surface area contributed by atoms with Gasteiger partial charge in [0.05, 0.1) is 0 Å². The minimum Gasteiger partial charge on any atom is -0.305 e. The van der Waals surface area contributed by atoms with E-state index in [-0.39, 0.29) is 42.1 Å². The van der Waals surface area contributed by atoms with E-state index in [4.69, 9.17) is 1.37 Å². The second-order valence-corrected chi connectivity index (χ2v) is 16.9. The summed E-state index contributed by atoms with van der Waals surface area (Å²) in [5.74, 6) is -0.631. The molecule has 298 valence electrons. The van der Waals surface area contributed by atoms with Gasteiger partial charge in [0.25, 0.3) is 0 Å². The largest absolute Gasteiger partial charge is 3.00 e. The molecular formula is C55H54IrN3. The molecule has 3 nitrogen and oxygen atoms in total. The number of aromatic nitrogens is 3. The van der Waals surface area contributed by atoms with Gasteiger partial charge in [-0.3, -0.25) is 0 Å². The van der Waals surface area contributed by atoms with Crippen molar-refractivity contribution in [2.45, 2.75) is 102 Å². The number of benzene rings is 4. The van der Waals surface area contributed by atoms with Crippen LogP contribution in [0.2, 0.25) is 0 Å². The second-order valence-electron chi connectivity index (χ2n) is 16.9. The van der Waals surface area contributed by atoms with E-state index in [0.29, 0.717) is 24.1 Å². The average molecular weight is 954 g/mol. The van der Waals surface area contributed by atoms with Crippen molar-refractivity contribution in [2.24, 2.45) is 0 Å². The van der Waals surface area contributed by atoms with E-state index in [1.807, 2.05) is 84.9 Å². The summed E-state index contributed by atoms with van der Waals surface area (Å²) in [6, 6.07) is 48.9. The molecule has 0 atom stereocenters. The number of nitrogens with zero attached hydrogens (tertiary/aromatic N) is 3. The Balaban J connectivity index is 0.00000612. The summed E-state index contributed by atoms with van der Waals surface area (Å²) in [6.45, 7) is 8.73. The van der Waals surface area contributed by atoms with Crippen molar-refractivity contribution in [3.05, 3.63) is 197 Å². The molecule has 0 unspecified atom stereocenters. The first-order valence-corrected chi connectivity index (χ1v) is 20.5. The third-order valence-electron chi connectivity index (χ3n) is 11.5. The van der Waals surface area contributed by atoms with Crippen molar-refractivity contribution in [1.29, 1.82) is 0 Å². The first-order chi connectivity index (χ1) is 30.0. The molecule has 1 fully saturated rings. The van der Waals surface area contributed by atoms with Gasteiger partial charge in [-0.1, -0.05) is 107 Å². The van der Waals surface area contributed by atoms with Gasteiger partial charge in [0, 0.05) is 25.4 Å². The van der Waals surface area contributed by atoms with Gasteiger partial charge in [0.2, 0.25) is 0 Å². The fraction of sp³-hybridized carbons (Fsp3) is 0.291. The third kappa shape index (κ3) is 10.6. The van der Waals surface area contributed by atoms with Crippen LogP contribution < -0.4 is 0 Å². The molecule has 3 heterocycles. The molecule has 1 aliphatic carbocycles. The van der Waals surface area contributed by atoms with E-state index in [1.165, 1.54) is 0 Å². The first-order valence-electron chi connectivity index (χ1n) is 23.0. The Morgan fingerprint density at radius 1 is 0.542 bits per heavy atom. The maximum Gasteiger partial charge on any atom is 3.00 e. The summed E-state index contributed by atoms with van der Waals surface area (Å²) in [5.41, 5.74) is 9.62. The van der Waals surface area contributed by atoms with Crippen LogP contribution in [-0.4, -0.2) is 15.0 Å². The van der Waals surface area contributed by atoms with Gasteiger partial charge < -0.3 is 15.0 Å². The van der Waals surface area contributed by atoms with Gasteiger partial charge in [-0.15, -0.1) is 106 Å². The average Bonchev–Trinajstić information content (AvgIpc) is 3.29. The van der Waals surface area contributed by atoms with Gasteiger partial charge >= 0.3 is 20.1 Å². The Labute approximate surface area is 373 Å². The van der Waals surface area contributed by atoms with E-state index < -0.39 is 18.6 Å². The molecular weight excluding hydrogens is 895 g/mol. The number of aryl methyl sites for hydroxylation is 2. The molecule has 0 N–H and O–H groups in total. The smallest absolute Gasteiger partial charge is 0.305 e. The van der Waals surface area contributed by atoms with Gasteiger partial charge in [0.1, 0.15) is 0 Å². The third-order valence-corrected chi connectivity index (χ3v) is 11.5. The maximum absolute atomic E-state index is 9.61. The summed E-state index contributed by atoms with van der Waals surface area (Å²) in [5, 5.41) is 0. The zero-order valence-corrected chi connectivity index (χ0v) is 36.8. The molecule has 1 saturated carbocycles. The molecule has 7 aromatic rings. The van der Waals surface area contributed by atoms with Crippen LogP contribution in [0.3, 0.4) is 0 Å². The standard InChI is InChI=1S/C55H54N3.Ir/c1-54(2,49-26-22-45(23-27-49)51-14-8-10-31-56-51)38-42-34-41(35-43(36-42)39-55(3,4)50-28-24-46(25-29-50)52-15-9-11-32-57-52)17-16-40-18-20-47(21-19-40)53-37-48(30-33-58-53)44-12-6-5-7-13-44;/h8-11,14-15,18-20,22,24,26-37,44H,5-7,12-13,16-17,38-39H2,1-4H3;/q-3;+3/i16D2,17D2,44D;. The predicted molar refractivity (Wildman–Crippen MR) is 239 cm³/mol. The topological polar surface area (TPSA) is 38.7 Å². The predicted octanol–water partition coefficient (Wildman–Crippen LogP) is 13.1. The zero-order chi connectivity index (χ0) is 44.5. The van der Waals surface area contributed by atoms with Gasteiger partial charge in [0.15, 0.2) is 0 Å². The summed E-state index contributed by atoms with van der Waals surface area (Å²) >= 11 is 0. The quantitative estimate of drug-likeness (QED) is 0.108. The molecule has 0 spiro atoms. The normalized spacial score (nSPS) is 15.8. The van der Waals surface area contributed by atoms with Crippen molar-refractivity contribution in [3.63, 3.8) is 0 Å². The van der Waals surface area contributed by atoms with Crippen LogP contribution in [0.1, 0.15) is 111 Å². The molecule has 0 bridgehead atoms. The summed E-state index contributed by atoms with van der Waals surface area (Å²) in [6.07, 6.45) is 6.52. The van der Waals surface area contributed by atoms with Crippen molar-refractivity contribution >= 4 is 0 Å². The fourth-order valence-corrected chi connectivity index (χ4v) is 8.19. The van der Waals surface area contributed by atoms with Crippen LogP contribution in [0.5, 0.6) is 0 Å². The van der Waals surface area contributed by atoms with Crippen molar-refractivity contribution < 1.29 is 27.0 Å². The van der Waals surface area contributed by atoms with E-state index in [2.05, 4.69) is 79.0 Å². The van der Waals surface area contributed by atoms with Crippen molar-refractivity contribution in [1.82, 2.24) is 15.0 Å². The van der Waals surface area contributed by atoms with E-state index in [1.54, 1.807) is 36.8 Å². The molecule has 0 saturated heterocycles. The Morgan fingerprint density at radius 3 is 1.56 bits per heavy atom. The number of pyridine rings is 3. The summed E-state index contributed by atoms with van der Waals surface area (Å²) < 4.78 is 47.2. The molecule has 59 heavy (non-hydrogen) atoms. The van der Waals surface area contributed by atoms with Crippen LogP contribution in [0.4, 0.5) is 0 Å². The molecule has 0 radical (unpaired) electrons. The molecule has 3 aromatic heterocycles. The fourth-order valence-electron chi connectivity index (χ4n) is 8.19. The molecule has 8 rings (SSSR count). The Hall–Kier alpha value is -5.02.